The number of carboxylic acids is 1. The second kappa shape index (κ2) is 17.7. The number of nitrogens with two attached hydrogens (primary N) is 2. The third-order valence-electron chi connectivity index (χ3n) is 4.75. The Balaban J connectivity index is 0. The van der Waals surface area contributed by atoms with E-state index in [-0.39, 0.29) is 0 Å². The number of carboxylic acid groups (broad SMARTS) is 1. The summed E-state index contributed by atoms with van der Waals surface area (Å²) in [6, 6.07) is 0. The molecule has 0 atom stereocenters. The monoisotopic (exact) mass is 358 g/mol. The van der Waals surface area contributed by atoms with E-state index in [9.17, 15) is 9.59 Å². The van der Waals surface area contributed by atoms with E-state index in [0.717, 1.165) is 12.8 Å². The van der Waals surface area contributed by atoms with Crippen molar-refractivity contribution in [2.75, 3.05) is 0 Å². The summed E-state index contributed by atoms with van der Waals surface area (Å²) in [5.74, 6) is -1.07. The molecule has 0 aliphatic carbocycles. The fourth-order valence-electron chi connectivity index (χ4n) is 2.54. The molecule has 0 saturated heterocycles. The highest BCUT2D eigenvalue weighted by Gasteiger charge is 2.26. The van der Waals surface area contributed by atoms with Crippen LogP contribution in [0.4, 0.5) is 0 Å². The summed E-state index contributed by atoms with van der Waals surface area (Å²) in [7, 11) is 0. The Labute approximate surface area is 154 Å². The molecule has 0 bridgehead atoms. The van der Waals surface area contributed by atoms with E-state index >= 15 is 0 Å². The van der Waals surface area contributed by atoms with Gasteiger partial charge < -0.3 is 16.6 Å². The van der Waals surface area contributed by atoms with Crippen molar-refractivity contribution >= 4 is 11.9 Å². The molecular formula is C20H42N2O3. The summed E-state index contributed by atoms with van der Waals surface area (Å²) < 4.78 is 0. The maximum absolute atomic E-state index is 10.6. The van der Waals surface area contributed by atoms with Crippen LogP contribution in [-0.2, 0) is 9.59 Å². The summed E-state index contributed by atoms with van der Waals surface area (Å²) in [6.07, 6.45) is 15.6. The van der Waals surface area contributed by atoms with Crippen LogP contribution in [0.3, 0.4) is 0 Å². The summed E-state index contributed by atoms with van der Waals surface area (Å²) in [4.78, 5) is 20.8. The Kier molecular flexibility index (Phi) is 18.5. The van der Waals surface area contributed by atoms with Gasteiger partial charge >= 0.3 is 5.97 Å². The van der Waals surface area contributed by atoms with Crippen molar-refractivity contribution in [2.24, 2.45) is 11.5 Å². The molecule has 0 aromatic rings. The Morgan fingerprint density at radius 3 is 1.36 bits per heavy atom. The number of rotatable bonds is 15. The number of carbonyl (C=O) groups excluding carboxylic acids is 1. The quantitative estimate of drug-likeness (QED) is 0.367. The number of unbranched alkanes of at least 4 members (excludes halogenated alkanes) is 10. The molecule has 5 heteroatoms. The van der Waals surface area contributed by atoms with E-state index in [1.807, 2.05) is 13.8 Å². The van der Waals surface area contributed by atoms with Crippen LogP contribution in [0, 0.1) is 0 Å². The van der Waals surface area contributed by atoms with E-state index in [1.54, 1.807) is 0 Å². The second-order valence-electron chi connectivity index (χ2n) is 6.91. The fourth-order valence-corrected chi connectivity index (χ4v) is 2.54. The van der Waals surface area contributed by atoms with Crippen LogP contribution in [0.2, 0.25) is 0 Å². The smallest absolute Gasteiger partial charge is 0.303 e. The van der Waals surface area contributed by atoms with Gasteiger partial charge in [-0.3, -0.25) is 9.59 Å². The molecule has 150 valence electrons. The normalized spacial score (nSPS) is 10.9. The highest BCUT2D eigenvalue weighted by molar-refractivity contribution is 5.84. The Bertz CT molecular complexity index is 329. The zero-order valence-corrected chi connectivity index (χ0v) is 16.8. The zero-order chi connectivity index (χ0) is 19.6. The third kappa shape index (κ3) is 17.5. The minimum atomic E-state index is -0.778. The second-order valence-corrected chi connectivity index (χ2v) is 6.91. The molecule has 0 rings (SSSR count). The first-order chi connectivity index (χ1) is 11.8. The predicted octanol–water partition coefficient (Wildman–Crippen LogP) is 4.76. The molecule has 0 aliphatic rings. The number of carbonyl (C=O) groups is 2. The lowest BCUT2D eigenvalue weighted by molar-refractivity contribution is -0.137. The Morgan fingerprint density at radius 2 is 1.12 bits per heavy atom. The summed E-state index contributed by atoms with van der Waals surface area (Å²) in [6.45, 7) is 5.96. The number of amides is 1. The van der Waals surface area contributed by atoms with Gasteiger partial charge in [-0.2, -0.15) is 0 Å². The third-order valence-corrected chi connectivity index (χ3v) is 4.75. The summed E-state index contributed by atoms with van der Waals surface area (Å²) >= 11 is 0. The van der Waals surface area contributed by atoms with Gasteiger partial charge in [-0.25, -0.2) is 0 Å². The largest absolute Gasteiger partial charge is 0.481 e. The molecule has 0 fully saturated rings. The van der Waals surface area contributed by atoms with Crippen molar-refractivity contribution in [2.45, 2.75) is 116 Å². The molecule has 0 heterocycles. The molecule has 25 heavy (non-hydrogen) atoms. The van der Waals surface area contributed by atoms with Crippen molar-refractivity contribution in [1.82, 2.24) is 0 Å². The SMILES string of the molecule is CCC(N)(CC)C(N)=O.CCCCCCCCCCCCCC(=O)O. The molecule has 5 nitrogen and oxygen atoms in total. The van der Waals surface area contributed by atoms with E-state index in [2.05, 4.69) is 6.92 Å². The van der Waals surface area contributed by atoms with Gasteiger partial charge in [0, 0.05) is 6.42 Å². The van der Waals surface area contributed by atoms with Crippen molar-refractivity contribution in [3.8, 4) is 0 Å². The van der Waals surface area contributed by atoms with Gasteiger partial charge in [0.15, 0.2) is 0 Å². The first-order valence-electron chi connectivity index (χ1n) is 10.1. The van der Waals surface area contributed by atoms with E-state index in [0.29, 0.717) is 19.3 Å². The number of primary amides is 1. The highest BCUT2D eigenvalue weighted by Crippen LogP contribution is 2.11. The average molecular weight is 359 g/mol. The van der Waals surface area contributed by atoms with Crippen LogP contribution in [0.5, 0.6) is 0 Å². The van der Waals surface area contributed by atoms with Crippen LogP contribution < -0.4 is 11.5 Å². The summed E-state index contributed by atoms with van der Waals surface area (Å²) in [5.41, 5.74) is 9.82. The van der Waals surface area contributed by atoms with Crippen LogP contribution in [0.1, 0.15) is 111 Å². The Morgan fingerprint density at radius 1 is 0.760 bits per heavy atom. The van der Waals surface area contributed by atoms with Crippen molar-refractivity contribution in [3.05, 3.63) is 0 Å². The van der Waals surface area contributed by atoms with E-state index in [1.165, 1.54) is 57.8 Å². The maximum Gasteiger partial charge on any atom is 0.303 e. The fraction of sp³-hybridized carbons (Fsp3) is 0.900. The van der Waals surface area contributed by atoms with Crippen molar-refractivity contribution < 1.29 is 14.7 Å². The van der Waals surface area contributed by atoms with E-state index in [4.69, 9.17) is 16.6 Å². The van der Waals surface area contributed by atoms with Crippen LogP contribution in [0.25, 0.3) is 0 Å². The molecule has 0 radical (unpaired) electrons. The molecular weight excluding hydrogens is 316 g/mol. The first kappa shape index (κ1) is 26.1. The topological polar surface area (TPSA) is 106 Å². The van der Waals surface area contributed by atoms with Gasteiger partial charge in [-0.1, -0.05) is 85.0 Å². The minimum absolute atomic E-state index is 0.344. The van der Waals surface area contributed by atoms with Crippen LogP contribution >= 0.6 is 0 Å². The van der Waals surface area contributed by atoms with Gasteiger partial charge in [0.1, 0.15) is 0 Å². The molecule has 1 amide bonds. The molecule has 0 saturated carbocycles. The number of aliphatic carboxylic acids is 1. The lowest BCUT2D eigenvalue weighted by atomic mass is 9.94. The predicted molar refractivity (Wildman–Crippen MR) is 105 cm³/mol. The van der Waals surface area contributed by atoms with Gasteiger partial charge in [0.2, 0.25) is 5.91 Å². The van der Waals surface area contributed by atoms with Gasteiger partial charge in [-0.05, 0) is 19.3 Å². The van der Waals surface area contributed by atoms with Crippen LogP contribution in [0.15, 0.2) is 0 Å². The lowest BCUT2D eigenvalue weighted by Gasteiger charge is -2.21. The average Bonchev–Trinajstić information content (AvgIpc) is 2.59. The van der Waals surface area contributed by atoms with Crippen molar-refractivity contribution in [1.29, 1.82) is 0 Å². The lowest BCUT2D eigenvalue weighted by Crippen LogP contribution is -2.50. The zero-order valence-electron chi connectivity index (χ0n) is 16.8. The molecule has 0 aromatic carbocycles. The molecule has 0 unspecified atom stereocenters. The Hall–Kier alpha value is -1.10. The van der Waals surface area contributed by atoms with Crippen molar-refractivity contribution in [3.63, 3.8) is 0 Å². The van der Waals surface area contributed by atoms with Gasteiger partial charge in [0.25, 0.3) is 0 Å². The molecule has 5 N–H and O–H groups in total. The number of hydrogen-bond acceptors (Lipinski definition) is 3. The molecule has 0 spiro atoms. The highest BCUT2D eigenvalue weighted by atomic mass is 16.4. The molecule has 0 aliphatic heterocycles. The van der Waals surface area contributed by atoms with Crippen LogP contribution in [-0.4, -0.2) is 22.5 Å². The van der Waals surface area contributed by atoms with E-state index < -0.39 is 17.4 Å². The number of hydrogen-bond donors (Lipinski definition) is 3. The van der Waals surface area contributed by atoms with Gasteiger partial charge in [-0.15, -0.1) is 0 Å². The maximum atomic E-state index is 10.6. The minimum Gasteiger partial charge on any atom is -0.481 e. The van der Waals surface area contributed by atoms with Gasteiger partial charge in [0.05, 0.1) is 5.54 Å². The first-order valence-corrected chi connectivity index (χ1v) is 10.1. The molecule has 0 aromatic heterocycles. The standard InChI is InChI=1S/C14H28O2.C6H14N2O/c1-2-3-4-5-6-7-8-9-10-11-12-13-14(15)16;1-3-6(8,4-2)5(7)9/h2-13H2,1H3,(H,15,16);3-4,8H2,1-2H3,(H2,7,9). The summed E-state index contributed by atoms with van der Waals surface area (Å²) in [5, 5.41) is 8.46.